The summed E-state index contributed by atoms with van der Waals surface area (Å²) >= 11 is 3.50. The third kappa shape index (κ3) is 1.82. The maximum Gasteiger partial charge on any atom is 0.0491 e. The summed E-state index contributed by atoms with van der Waals surface area (Å²) in [7, 11) is 4.09. The van der Waals surface area contributed by atoms with E-state index in [4.69, 9.17) is 0 Å². The van der Waals surface area contributed by atoms with Crippen LogP contribution in [0.4, 0.5) is 0 Å². The summed E-state index contributed by atoms with van der Waals surface area (Å²) < 4.78 is 3.36. The zero-order chi connectivity index (χ0) is 11.0. The molecule has 80 valence electrons. The van der Waals surface area contributed by atoms with Crippen LogP contribution >= 0.6 is 15.9 Å². The lowest BCUT2D eigenvalue weighted by Crippen LogP contribution is -2.15. The highest BCUT2D eigenvalue weighted by molar-refractivity contribution is 9.10. The molecule has 1 heterocycles. The number of rotatable bonds is 2. The highest BCUT2D eigenvalue weighted by Crippen LogP contribution is 2.25. The first-order chi connectivity index (χ1) is 7.13. The Labute approximate surface area is 98.4 Å². The van der Waals surface area contributed by atoms with Crippen molar-refractivity contribution in [3.63, 3.8) is 0 Å². The van der Waals surface area contributed by atoms with Crippen molar-refractivity contribution < 1.29 is 0 Å². The molecule has 2 aromatic rings. The highest BCUT2D eigenvalue weighted by Gasteiger charge is 2.10. The molecule has 2 rings (SSSR count). The van der Waals surface area contributed by atoms with Gasteiger partial charge >= 0.3 is 0 Å². The topological polar surface area (TPSA) is 17.0 Å². The second-order valence-electron chi connectivity index (χ2n) is 3.84. The minimum Gasteiger partial charge on any atom is -0.346 e. The van der Waals surface area contributed by atoms with E-state index in [1.807, 2.05) is 7.05 Å². The number of aromatic nitrogens is 1. The first-order valence-electron chi connectivity index (χ1n) is 5.05. The summed E-state index contributed by atoms with van der Waals surface area (Å²) in [6.45, 7) is 2.17. The average Bonchev–Trinajstić information content (AvgIpc) is 2.55. The van der Waals surface area contributed by atoms with E-state index in [1.165, 1.54) is 16.6 Å². The zero-order valence-electron chi connectivity index (χ0n) is 9.21. The number of hydrogen-bond donors (Lipinski definition) is 1. The van der Waals surface area contributed by atoms with E-state index < -0.39 is 0 Å². The molecular formula is C12H15BrN2. The van der Waals surface area contributed by atoms with Gasteiger partial charge in [0.1, 0.15) is 0 Å². The number of fused-ring (bicyclic) bond motifs is 1. The largest absolute Gasteiger partial charge is 0.346 e. The van der Waals surface area contributed by atoms with Crippen molar-refractivity contribution in [2.75, 3.05) is 7.05 Å². The molecule has 1 N–H and O–H groups in total. The van der Waals surface area contributed by atoms with Crippen molar-refractivity contribution in [3.8, 4) is 0 Å². The van der Waals surface area contributed by atoms with Crippen LogP contribution in [-0.2, 0) is 7.05 Å². The van der Waals surface area contributed by atoms with Gasteiger partial charge in [-0.1, -0.05) is 22.0 Å². The Morgan fingerprint density at radius 3 is 2.73 bits per heavy atom. The Morgan fingerprint density at radius 1 is 1.33 bits per heavy atom. The Bertz CT molecular complexity index is 488. The molecule has 0 radical (unpaired) electrons. The predicted molar refractivity (Wildman–Crippen MR) is 68.1 cm³/mol. The minimum atomic E-state index is 0.376. The summed E-state index contributed by atoms with van der Waals surface area (Å²) in [4.78, 5) is 0. The molecule has 0 aliphatic rings. The van der Waals surface area contributed by atoms with E-state index in [-0.39, 0.29) is 0 Å². The van der Waals surface area contributed by atoms with E-state index in [0.717, 1.165) is 4.47 Å². The van der Waals surface area contributed by atoms with E-state index >= 15 is 0 Å². The van der Waals surface area contributed by atoms with Gasteiger partial charge in [-0.15, -0.1) is 0 Å². The first kappa shape index (κ1) is 10.7. The number of nitrogens with one attached hydrogen (secondary N) is 1. The molecule has 1 aromatic heterocycles. The second-order valence-corrected chi connectivity index (χ2v) is 4.76. The second kappa shape index (κ2) is 3.99. The van der Waals surface area contributed by atoms with Crippen molar-refractivity contribution in [3.05, 3.63) is 34.4 Å². The molecule has 3 heteroatoms. The van der Waals surface area contributed by atoms with Crippen LogP contribution < -0.4 is 5.32 Å². The number of nitrogens with zero attached hydrogens (tertiary/aromatic N) is 1. The molecule has 0 fully saturated rings. The Balaban J connectivity index is 2.64. The fraction of sp³-hybridized carbons (Fsp3) is 0.333. The summed E-state index contributed by atoms with van der Waals surface area (Å²) in [6, 6.07) is 8.99. The van der Waals surface area contributed by atoms with Gasteiger partial charge in [-0.25, -0.2) is 0 Å². The van der Waals surface area contributed by atoms with Gasteiger partial charge in [-0.2, -0.15) is 0 Å². The van der Waals surface area contributed by atoms with Gasteiger partial charge in [0.25, 0.3) is 0 Å². The predicted octanol–water partition coefficient (Wildman–Crippen LogP) is 3.22. The average molecular weight is 267 g/mol. The standard InChI is InChI=1S/C12H15BrN2/c1-8(14-2)11-6-9-4-5-10(13)7-12(9)15(11)3/h4-8,14H,1-3H3. The maximum absolute atomic E-state index is 3.50. The number of aryl methyl sites for hydroxylation is 1. The van der Waals surface area contributed by atoms with Gasteiger partial charge < -0.3 is 9.88 Å². The lowest BCUT2D eigenvalue weighted by atomic mass is 10.2. The summed E-state index contributed by atoms with van der Waals surface area (Å²) in [5.74, 6) is 0. The fourth-order valence-electron chi connectivity index (χ4n) is 1.89. The van der Waals surface area contributed by atoms with Gasteiger partial charge in [0.05, 0.1) is 0 Å². The molecule has 0 saturated carbocycles. The van der Waals surface area contributed by atoms with E-state index in [2.05, 4.69) is 64.1 Å². The van der Waals surface area contributed by atoms with Gasteiger partial charge in [0.15, 0.2) is 0 Å². The first-order valence-corrected chi connectivity index (χ1v) is 5.85. The molecule has 0 saturated heterocycles. The van der Waals surface area contributed by atoms with Gasteiger partial charge in [0, 0.05) is 28.8 Å². The summed E-state index contributed by atoms with van der Waals surface area (Å²) in [5.41, 5.74) is 2.58. The number of halogens is 1. The van der Waals surface area contributed by atoms with E-state index in [9.17, 15) is 0 Å². The van der Waals surface area contributed by atoms with Crippen LogP contribution in [0, 0.1) is 0 Å². The van der Waals surface area contributed by atoms with Crippen LogP contribution in [0.25, 0.3) is 10.9 Å². The van der Waals surface area contributed by atoms with Crippen LogP contribution in [-0.4, -0.2) is 11.6 Å². The van der Waals surface area contributed by atoms with Gasteiger partial charge in [-0.05, 0) is 37.6 Å². The Kier molecular flexibility index (Phi) is 2.85. The van der Waals surface area contributed by atoms with Crippen LogP contribution in [0.1, 0.15) is 18.7 Å². The third-order valence-electron chi connectivity index (χ3n) is 2.92. The van der Waals surface area contributed by atoms with E-state index in [1.54, 1.807) is 0 Å². The van der Waals surface area contributed by atoms with Crippen molar-refractivity contribution in [1.29, 1.82) is 0 Å². The molecule has 0 spiro atoms. The van der Waals surface area contributed by atoms with Gasteiger partial charge in [0.2, 0.25) is 0 Å². The highest BCUT2D eigenvalue weighted by atomic mass is 79.9. The fourth-order valence-corrected chi connectivity index (χ4v) is 2.24. The molecular weight excluding hydrogens is 252 g/mol. The molecule has 0 amide bonds. The molecule has 1 aromatic carbocycles. The Hall–Kier alpha value is -0.800. The smallest absolute Gasteiger partial charge is 0.0491 e. The minimum absolute atomic E-state index is 0.376. The molecule has 0 aliphatic heterocycles. The molecule has 2 nitrogen and oxygen atoms in total. The molecule has 15 heavy (non-hydrogen) atoms. The zero-order valence-corrected chi connectivity index (χ0v) is 10.8. The summed E-state index contributed by atoms with van der Waals surface area (Å²) in [5, 5.41) is 4.55. The third-order valence-corrected chi connectivity index (χ3v) is 3.41. The monoisotopic (exact) mass is 266 g/mol. The van der Waals surface area contributed by atoms with Crippen LogP contribution in [0.2, 0.25) is 0 Å². The Morgan fingerprint density at radius 2 is 2.07 bits per heavy atom. The lowest BCUT2D eigenvalue weighted by Gasteiger charge is -2.11. The lowest BCUT2D eigenvalue weighted by molar-refractivity contribution is 0.609. The van der Waals surface area contributed by atoms with Crippen LogP contribution in [0.5, 0.6) is 0 Å². The molecule has 0 aliphatic carbocycles. The van der Waals surface area contributed by atoms with Crippen LogP contribution in [0.3, 0.4) is 0 Å². The van der Waals surface area contributed by atoms with Gasteiger partial charge in [-0.3, -0.25) is 0 Å². The number of benzene rings is 1. The molecule has 1 unspecified atom stereocenters. The van der Waals surface area contributed by atoms with Crippen molar-refractivity contribution >= 4 is 26.8 Å². The van der Waals surface area contributed by atoms with Crippen molar-refractivity contribution in [1.82, 2.24) is 9.88 Å². The summed E-state index contributed by atoms with van der Waals surface area (Å²) in [6.07, 6.45) is 0. The quantitative estimate of drug-likeness (QED) is 0.884. The maximum atomic E-state index is 3.50. The molecule has 1 atom stereocenters. The number of hydrogen-bond acceptors (Lipinski definition) is 1. The molecule has 0 bridgehead atoms. The SMILES string of the molecule is CNC(C)c1cc2ccc(Br)cc2n1C. The van der Waals surface area contributed by atoms with E-state index in [0.29, 0.717) is 6.04 Å². The van der Waals surface area contributed by atoms with Crippen LogP contribution in [0.15, 0.2) is 28.7 Å². The normalized spacial score (nSPS) is 13.3. The van der Waals surface area contributed by atoms with Crippen molar-refractivity contribution in [2.45, 2.75) is 13.0 Å². The van der Waals surface area contributed by atoms with Crippen molar-refractivity contribution in [2.24, 2.45) is 7.05 Å².